The maximum absolute atomic E-state index is 11.5. The number of aliphatic hydroxyl groups excluding tert-OH is 1. The second kappa shape index (κ2) is 5.04. The minimum atomic E-state index is -0.720. The molecular formula is C8H9BrN2O4. The first-order chi connectivity index (χ1) is 7.06. The second-order valence-corrected chi connectivity index (χ2v) is 3.79. The third-order valence-electron chi connectivity index (χ3n) is 1.79. The molecule has 0 amide bonds. The van der Waals surface area contributed by atoms with Gasteiger partial charge in [-0.25, -0.2) is 0 Å². The number of aromatic nitrogens is 1. The van der Waals surface area contributed by atoms with Gasteiger partial charge in [-0.1, -0.05) is 0 Å². The van der Waals surface area contributed by atoms with Gasteiger partial charge in [-0.3, -0.25) is 14.9 Å². The Hall–Kier alpha value is -1.21. The van der Waals surface area contributed by atoms with Crippen LogP contribution in [0, 0.1) is 10.1 Å². The Bertz CT molecular complexity index is 429. The van der Waals surface area contributed by atoms with Crippen LogP contribution >= 0.6 is 15.9 Å². The maximum Gasteiger partial charge on any atom is 0.335 e. The molecule has 1 aromatic heterocycles. The monoisotopic (exact) mass is 276 g/mol. The molecular weight excluding hydrogens is 268 g/mol. The zero-order valence-electron chi connectivity index (χ0n) is 7.72. The third kappa shape index (κ3) is 2.87. The second-order valence-electron chi connectivity index (χ2n) is 2.88. The van der Waals surface area contributed by atoms with Gasteiger partial charge in [-0.2, -0.15) is 0 Å². The Balaban J connectivity index is 3.17. The van der Waals surface area contributed by atoms with E-state index in [9.17, 15) is 14.9 Å². The third-order valence-corrected chi connectivity index (χ3v) is 2.22. The number of hydrogen-bond donors (Lipinski definition) is 1. The van der Waals surface area contributed by atoms with Gasteiger partial charge in [0, 0.05) is 29.9 Å². The van der Waals surface area contributed by atoms with Gasteiger partial charge in [0.15, 0.2) is 0 Å². The zero-order valence-corrected chi connectivity index (χ0v) is 9.31. The van der Waals surface area contributed by atoms with Crippen molar-refractivity contribution in [2.24, 2.45) is 0 Å². The van der Waals surface area contributed by atoms with E-state index in [1.807, 2.05) is 0 Å². The minimum absolute atomic E-state index is 0.0627. The fourth-order valence-electron chi connectivity index (χ4n) is 1.12. The summed E-state index contributed by atoms with van der Waals surface area (Å²) in [7, 11) is 0. The molecule has 0 saturated carbocycles. The van der Waals surface area contributed by atoms with Crippen molar-refractivity contribution < 1.29 is 10.0 Å². The molecule has 6 nitrogen and oxygen atoms in total. The van der Waals surface area contributed by atoms with Gasteiger partial charge in [0.25, 0.3) is 0 Å². The number of pyridine rings is 1. The summed E-state index contributed by atoms with van der Waals surface area (Å²) in [6.07, 6.45) is 1.85. The molecule has 0 aliphatic rings. The summed E-state index contributed by atoms with van der Waals surface area (Å²) in [4.78, 5) is 21.3. The number of aliphatic hydroxyl groups is 1. The SMILES string of the molecule is O=c1c([N+](=O)[O-])cc(Br)cn1CCCO. The lowest BCUT2D eigenvalue weighted by Gasteiger charge is -2.04. The Labute approximate surface area is 93.4 Å². The van der Waals surface area contributed by atoms with Crippen molar-refractivity contribution in [2.75, 3.05) is 6.61 Å². The van der Waals surface area contributed by atoms with Crippen molar-refractivity contribution in [3.63, 3.8) is 0 Å². The highest BCUT2D eigenvalue weighted by Gasteiger charge is 2.15. The molecule has 0 aliphatic heterocycles. The van der Waals surface area contributed by atoms with Crippen LogP contribution in [0.25, 0.3) is 0 Å². The number of rotatable bonds is 4. The first-order valence-electron chi connectivity index (χ1n) is 4.21. The van der Waals surface area contributed by atoms with Crippen molar-refractivity contribution in [1.29, 1.82) is 0 Å². The standard InChI is InChI=1S/C8H9BrN2O4/c9-6-4-7(11(14)15)8(13)10(5-6)2-1-3-12/h4-5,12H,1-3H2. The van der Waals surface area contributed by atoms with E-state index in [4.69, 9.17) is 5.11 Å². The van der Waals surface area contributed by atoms with Crippen LogP contribution in [-0.4, -0.2) is 21.2 Å². The summed E-state index contributed by atoms with van der Waals surface area (Å²) >= 11 is 3.08. The Morgan fingerprint density at radius 1 is 1.60 bits per heavy atom. The molecule has 1 N–H and O–H groups in total. The highest BCUT2D eigenvalue weighted by molar-refractivity contribution is 9.10. The molecule has 0 atom stereocenters. The fraction of sp³-hybridized carbons (Fsp3) is 0.375. The highest BCUT2D eigenvalue weighted by atomic mass is 79.9. The summed E-state index contributed by atoms with van der Waals surface area (Å²) < 4.78 is 1.67. The first-order valence-corrected chi connectivity index (χ1v) is 5.01. The molecule has 0 bridgehead atoms. The zero-order chi connectivity index (χ0) is 11.4. The van der Waals surface area contributed by atoms with Crippen LogP contribution in [-0.2, 0) is 6.54 Å². The molecule has 0 spiro atoms. The van der Waals surface area contributed by atoms with Gasteiger partial charge in [0.2, 0.25) is 0 Å². The number of halogens is 1. The molecule has 0 fully saturated rings. The Morgan fingerprint density at radius 2 is 2.27 bits per heavy atom. The molecule has 1 heterocycles. The van der Waals surface area contributed by atoms with E-state index in [2.05, 4.69) is 15.9 Å². The molecule has 7 heteroatoms. The largest absolute Gasteiger partial charge is 0.396 e. The summed E-state index contributed by atoms with van der Waals surface area (Å²) in [6.45, 7) is 0.197. The number of hydrogen-bond acceptors (Lipinski definition) is 4. The normalized spacial score (nSPS) is 10.3. The predicted octanol–water partition coefficient (Wildman–Crippen LogP) is 0.901. The molecule has 15 heavy (non-hydrogen) atoms. The lowest BCUT2D eigenvalue weighted by Crippen LogP contribution is -2.22. The summed E-state index contributed by atoms with van der Waals surface area (Å²) in [6, 6.07) is 1.16. The lowest BCUT2D eigenvalue weighted by molar-refractivity contribution is -0.386. The Kier molecular flexibility index (Phi) is 3.98. The van der Waals surface area contributed by atoms with Crippen LogP contribution < -0.4 is 5.56 Å². The molecule has 0 aliphatic carbocycles. The predicted molar refractivity (Wildman–Crippen MR) is 56.8 cm³/mol. The molecule has 82 valence electrons. The van der Waals surface area contributed by atoms with E-state index in [0.29, 0.717) is 10.9 Å². The smallest absolute Gasteiger partial charge is 0.335 e. The van der Waals surface area contributed by atoms with E-state index < -0.39 is 16.2 Å². The van der Waals surface area contributed by atoms with Gasteiger partial charge in [-0.05, 0) is 22.4 Å². The van der Waals surface area contributed by atoms with Gasteiger partial charge in [0.05, 0.1) is 4.92 Å². The number of aryl methyl sites for hydroxylation is 1. The van der Waals surface area contributed by atoms with E-state index in [1.165, 1.54) is 10.8 Å². The van der Waals surface area contributed by atoms with Crippen molar-refractivity contribution in [1.82, 2.24) is 4.57 Å². The molecule has 1 rings (SSSR count). The number of nitro groups is 1. The topological polar surface area (TPSA) is 85.4 Å². The minimum Gasteiger partial charge on any atom is -0.396 e. The van der Waals surface area contributed by atoms with E-state index in [0.717, 1.165) is 6.07 Å². The van der Waals surface area contributed by atoms with Crippen molar-refractivity contribution in [3.05, 3.63) is 37.2 Å². The van der Waals surface area contributed by atoms with Crippen molar-refractivity contribution in [2.45, 2.75) is 13.0 Å². The molecule has 1 aromatic rings. The fourth-order valence-corrected chi connectivity index (χ4v) is 1.59. The van der Waals surface area contributed by atoms with Crippen LogP contribution in [0.3, 0.4) is 0 Å². The van der Waals surface area contributed by atoms with Gasteiger partial charge < -0.3 is 9.67 Å². The van der Waals surface area contributed by atoms with E-state index in [1.54, 1.807) is 0 Å². The average molecular weight is 277 g/mol. The number of nitrogens with zero attached hydrogens (tertiary/aromatic N) is 2. The van der Waals surface area contributed by atoms with Crippen LogP contribution in [0.4, 0.5) is 5.69 Å². The van der Waals surface area contributed by atoms with Crippen molar-refractivity contribution in [3.8, 4) is 0 Å². The quantitative estimate of drug-likeness (QED) is 0.654. The molecule has 0 aromatic carbocycles. The van der Waals surface area contributed by atoms with Gasteiger partial charge in [-0.15, -0.1) is 0 Å². The summed E-state index contributed by atoms with van der Waals surface area (Å²) in [5.41, 5.74) is -1.13. The highest BCUT2D eigenvalue weighted by Crippen LogP contribution is 2.13. The molecule has 0 saturated heterocycles. The Morgan fingerprint density at radius 3 is 2.80 bits per heavy atom. The van der Waals surface area contributed by atoms with Crippen molar-refractivity contribution >= 4 is 21.6 Å². The molecule has 0 unspecified atom stereocenters. The summed E-state index contributed by atoms with van der Waals surface area (Å²) in [5, 5.41) is 19.1. The van der Waals surface area contributed by atoms with Gasteiger partial charge >= 0.3 is 11.2 Å². The summed E-state index contributed by atoms with van der Waals surface area (Å²) in [5.74, 6) is 0. The lowest BCUT2D eigenvalue weighted by atomic mass is 10.4. The maximum atomic E-state index is 11.5. The van der Waals surface area contributed by atoms with Crippen LogP contribution in [0.5, 0.6) is 0 Å². The molecule has 0 radical (unpaired) electrons. The van der Waals surface area contributed by atoms with Crippen LogP contribution in [0.2, 0.25) is 0 Å². The van der Waals surface area contributed by atoms with Crippen LogP contribution in [0.15, 0.2) is 21.5 Å². The van der Waals surface area contributed by atoms with E-state index in [-0.39, 0.29) is 13.2 Å². The van der Waals surface area contributed by atoms with Gasteiger partial charge in [0.1, 0.15) is 0 Å². The first kappa shape index (κ1) is 11.9. The van der Waals surface area contributed by atoms with Crippen LogP contribution in [0.1, 0.15) is 6.42 Å². The average Bonchev–Trinajstić information content (AvgIpc) is 2.18. The van der Waals surface area contributed by atoms with E-state index >= 15 is 0 Å².